The number of aromatic nitrogens is 1. The summed E-state index contributed by atoms with van der Waals surface area (Å²) in [5.74, 6) is 0. The summed E-state index contributed by atoms with van der Waals surface area (Å²) in [6, 6.07) is 2.63. The van der Waals surface area contributed by atoms with Gasteiger partial charge in [-0.3, -0.25) is 4.98 Å². The molecule has 0 amide bonds. The van der Waals surface area contributed by atoms with Crippen molar-refractivity contribution in [2.24, 2.45) is 0 Å². The molecule has 1 aliphatic heterocycles. The molecular weight excluding hydrogens is 176 g/mol. The SMILES string of the molecule is CN(C)C1CN(c2cncc(N)c2)C1. The van der Waals surface area contributed by atoms with E-state index < -0.39 is 0 Å². The van der Waals surface area contributed by atoms with Crippen LogP contribution in [-0.2, 0) is 0 Å². The Morgan fingerprint density at radius 1 is 1.43 bits per heavy atom. The molecule has 14 heavy (non-hydrogen) atoms. The minimum absolute atomic E-state index is 0.663. The van der Waals surface area contributed by atoms with Crippen LogP contribution in [0, 0.1) is 0 Å². The molecule has 1 aliphatic rings. The lowest BCUT2D eigenvalue weighted by atomic mass is 10.1. The van der Waals surface area contributed by atoms with E-state index in [1.54, 1.807) is 6.20 Å². The highest BCUT2D eigenvalue weighted by molar-refractivity contribution is 5.55. The summed E-state index contributed by atoms with van der Waals surface area (Å²) in [6.07, 6.45) is 3.54. The minimum Gasteiger partial charge on any atom is -0.397 e. The molecule has 0 aromatic carbocycles. The van der Waals surface area contributed by atoms with Crippen LogP contribution in [0.2, 0.25) is 0 Å². The molecule has 76 valence electrons. The van der Waals surface area contributed by atoms with Crippen molar-refractivity contribution in [3.8, 4) is 0 Å². The van der Waals surface area contributed by atoms with Crippen molar-refractivity contribution in [2.75, 3.05) is 37.8 Å². The number of hydrogen-bond acceptors (Lipinski definition) is 4. The van der Waals surface area contributed by atoms with Crippen LogP contribution in [0.1, 0.15) is 0 Å². The fourth-order valence-corrected chi connectivity index (χ4v) is 1.61. The molecule has 1 aromatic rings. The molecule has 0 bridgehead atoms. The molecule has 0 radical (unpaired) electrons. The van der Waals surface area contributed by atoms with E-state index in [1.807, 2.05) is 12.3 Å². The molecule has 0 unspecified atom stereocenters. The number of hydrogen-bond donors (Lipinski definition) is 1. The monoisotopic (exact) mass is 192 g/mol. The molecule has 0 aliphatic carbocycles. The van der Waals surface area contributed by atoms with Crippen molar-refractivity contribution in [1.82, 2.24) is 9.88 Å². The Labute approximate surface area is 84.3 Å². The van der Waals surface area contributed by atoms with E-state index in [0.717, 1.165) is 24.5 Å². The summed E-state index contributed by atoms with van der Waals surface area (Å²) in [4.78, 5) is 8.61. The first kappa shape index (κ1) is 9.27. The van der Waals surface area contributed by atoms with Crippen molar-refractivity contribution in [3.63, 3.8) is 0 Å². The average molecular weight is 192 g/mol. The first-order valence-electron chi connectivity index (χ1n) is 4.78. The highest BCUT2D eigenvalue weighted by atomic mass is 15.3. The zero-order valence-corrected chi connectivity index (χ0v) is 8.64. The topological polar surface area (TPSA) is 45.4 Å². The van der Waals surface area contributed by atoms with Gasteiger partial charge in [-0.1, -0.05) is 0 Å². The Morgan fingerprint density at radius 2 is 2.14 bits per heavy atom. The zero-order chi connectivity index (χ0) is 10.1. The molecule has 0 atom stereocenters. The summed E-state index contributed by atoms with van der Waals surface area (Å²) < 4.78 is 0. The second kappa shape index (κ2) is 3.46. The summed E-state index contributed by atoms with van der Waals surface area (Å²) in [5.41, 5.74) is 7.53. The van der Waals surface area contributed by atoms with Crippen molar-refractivity contribution in [1.29, 1.82) is 0 Å². The lowest BCUT2D eigenvalue weighted by Crippen LogP contribution is -2.57. The molecule has 1 saturated heterocycles. The maximum Gasteiger partial charge on any atom is 0.0574 e. The predicted octanol–water partition coefficient (Wildman–Crippen LogP) is 0.414. The third kappa shape index (κ3) is 1.65. The van der Waals surface area contributed by atoms with Crippen molar-refractivity contribution >= 4 is 11.4 Å². The number of rotatable bonds is 2. The van der Waals surface area contributed by atoms with Crippen LogP contribution in [0.5, 0.6) is 0 Å². The number of nitrogens with zero attached hydrogens (tertiary/aromatic N) is 3. The molecule has 0 spiro atoms. The highest BCUT2D eigenvalue weighted by Crippen LogP contribution is 2.23. The Morgan fingerprint density at radius 3 is 2.71 bits per heavy atom. The second-order valence-electron chi connectivity index (χ2n) is 4.00. The number of nitrogen functional groups attached to an aromatic ring is 1. The maximum atomic E-state index is 5.67. The summed E-state index contributed by atoms with van der Waals surface area (Å²) in [5, 5.41) is 0. The van der Waals surface area contributed by atoms with Gasteiger partial charge >= 0.3 is 0 Å². The maximum absolute atomic E-state index is 5.67. The molecule has 2 N–H and O–H groups in total. The van der Waals surface area contributed by atoms with Crippen LogP contribution in [0.3, 0.4) is 0 Å². The quantitative estimate of drug-likeness (QED) is 0.737. The number of anilines is 2. The van der Waals surface area contributed by atoms with Crippen molar-refractivity contribution in [2.45, 2.75) is 6.04 Å². The minimum atomic E-state index is 0.663. The molecule has 4 heteroatoms. The molecule has 4 nitrogen and oxygen atoms in total. The van der Waals surface area contributed by atoms with E-state index in [2.05, 4.69) is 28.9 Å². The third-order valence-electron chi connectivity index (χ3n) is 2.70. The van der Waals surface area contributed by atoms with Gasteiger partial charge < -0.3 is 15.5 Å². The third-order valence-corrected chi connectivity index (χ3v) is 2.70. The fourth-order valence-electron chi connectivity index (χ4n) is 1.61. The Bertz CT molecular complexity index is 318. The van der Waals surface area contributed by atoms with E-state index in [1.165, 1.54) is 0 Å². The van der Waals surface area contributed by atoms with E-state index in [4.69, 9.17) is 5.73 Å². The normalized spacial score (nSPS) is 17.2. The highest BCUT2D eigenvalue weighted by Gasteiger charge is 2.28. The van der Waals surface area contributed by atoms with Crippen LogP contribution in [0.4, 0.5) is 11.4 Å². The van der Waals surface area contributed by atoms with Gasteiger partial charge in [0.25, 0.3) is 0 Å². The lowest BCUT2D eigenvalue weighted by Gasteiger charge is -2.44. The van der Waals surface area contributed by atoms with Crippen molar-refractivity contribution < 1.29 is 0 Å². The number of likely N-dealkylation sites (N-methyl/N-ethyl adjacent to an activating group) is 1. The largest absolute Gasteiger partial charge is 0.397 e. The first-order valence-corrected chi connectivity index (χ1v) is 4.78. The van der Waals surface area contributed by atoms with E-state index >= 15 is 0 Å². The first-order chi connectivity index (χ1) is 6.66. The van der Waals surface area contributed by atoms with Gasteiger partial charge in [-0.2, -0.15) is 0 Å². The molecule has 2 rings (SSSR count). The molecule has 1 aromatic heterocycles. The summed E-state index contributed by atoms with van der Waals surface area (Å²) >= 11 is 0. The van der Waals surface area contributed by atoms with Gasteiger partial charge in [-0.15, -0.1) is 0 Å². The van der Waals surface area contributed by atoms with Gasteiger partial charge in [-0.05, 0) is 20.2 Å². The van der Waals surface area contributed by atoms with Gasteiger partial charge in [0.1, 0.15) is 0 Å². The summed E-state index contributed by atoms with van der Waals surface area (Å²) in [7, 11) is 4.22. The predicted molar refractivity (Wildman–Crippen MR) is 58.3 cm³/mol. The van der Waals surface area contributed by atoms with Crippen LogP contribution in [0.15, 0.2) is 18.5 Å². The van der Waals surface area contributed by atoms with Crippen LogP contribution in [-0.4, -0.2) is 43.1 Å². The van der Waals surface area contributed by atoms with Gasteiger partial charge in [0.2, 0.25) is 0 Å². The Hall–Kier alpha value is -1.29. The summed E-state index contributed by atoms with van der Waals surface area (Å²) in [6.45, 7) is 2.14. The van der Waals surface area contributed by atoms with Gasteiger partial charge in [0, 0.05) is 25.3 Å². The molecule has 2 heterocycles. The number of pyridine rings is 1. The van der Waals surface area contributed by atoms with Gasteiger partial charge in [0.15, 0.2) is 0 Å². The zero-order valence-electron chi connectivity index (χ0n) is 8.64. The van der Waals surface area contributed by atoms with Gasteiger partial charge in [-0.25, -0.2) is 0 Å². The Kier molecular flexibility index (Phi) is 2.29. The van der Waals surface area contributed by atoms with Gasteiger partial charge in [0.05, 0.1) is 17.6 Å². The standard InChI is InChI=1S/C10H16N4/c1-13(2)10-6-14(7-10)9-3-8(11)4-12-5-9/h3-5,10H,6-7,11H2,1-2H3. The van der Waals surface area contributed by atoms with E-state index in [9.17, 15) is 0 Å². The lowest BCUT2D eigenvalue weighted by molar-refractivity contribution is 0.247. The molecular formula is C10H16N4. The number of nitrogens with two attached hydrogens (primary N) is 1. The van der Waals surface area contributed by atoms with Crippen LogP contribution >= 0.6 is 0 Å². The molecule has 1 fully saturated rings. The van der Waals surface area contributed by atoms with E-state index in [0.29, 0.717) is 6.04 Å². The smallest absolute Gasteiger partial charge is 0.0574 e. The van der Waals surface area contributed by atoms with Crippen LogP contribution < -0.4 is 10.6 Å². The van der Waals surface area contributed by atoms with E-state index in [-0.39, 0.29) is 0 Å². The Balaban J connectivity index is 2.00. The second-order valence-corrected chi connectivity index (χ2v) is 4.00. The average Bonchev–Trinajstić information content (AvgIpc) is 2.00. The van der Waals surface area contributed by atoms with Crippen molar-refractivity contribution in [3.05, 3.63) is 18.5 Å². The fraction of sp³-hybridized carbons (Fsp3) is 0.500. The van der Waals surface area contributed by atoms with Crippen LogP contribution in [0.25, 0.3) is 0 Å². The molecule has 0 saturated carbocycles.